The molecule has 2 saturated heterocycles. The standard InChI is InChI=1S/C27H48N4O7S/c1-2-21(32)8-5-11-25(34)29-13-7-15-37-17-19-38-18-16-36-14-6-12-28-24(33)10-4-3-9-23-26-22(20-39-23)30-27(35)31-26/h22-23,26H,2-20H2,1H3,(H,28,33)(H,29,34)(H2,30,31,35)/t22-,23-,26-/m0/s1. The number of fused-ring (bicyclic) bond motifs is 1. The Morgan fingerprint density at radius 2 is 1.38 bits per heavy atom. The molecular weight excluding hydrogens is 524 g/mol. The maximum absolute atomic E-state index is 12.0. The second-order valence-corrected chi connectivity index (χ2v) is 11.1. The van der Waals surface area contributed by atoms with E-state index < -0.39 is 0 Å². The van der Waals surface area contributed by atoms with E-state index in [4.69, 9.17) is 14.2 Å². The van der Waals surface area contributed by atoms with Crippen molar-refractivity contribution in [2.45, 2.75) is 88.5 Å². The number of ether oxygens (including phenoxy) is 3. The Kier molecular flexibility index (Phi) is 17.9. The highest BCUT2D eigenvalue weighted by molar-refractivity contribution is 8.00. The highest BCUT2D eigenvalue weighted by Gasteiger charge is 2.42. The Balaban J connectivity index is 1.25. The van der Waals surface area contributed by atoms with Crippen molar-refractivity contribution < 1.29 is 33.4 Å². The first-order chi connectivity index (χ1) is 19.0. The maximum atomic E-state index is 12.0. The second-order valence-electron chi connectivity index (χ2n) is 9.86. The van der Waals surface area contributed by atoms with Gasteiger partial charge in [-0.25, -0.2) is 4.79 Å². The van der Waals surface area contributed by atoms with Crippen LogP contribution < -0.4 is 21.3 Å². The molecule has 0 aromatic rings. The van der Waals surface area contributed by atoms with Gasteiger partial charge in [0.15, 0.2) is 0 Å². The van der Waals surface area contributed by atoms with E-state index in [1.807, 2.05) is 18.7 Å². The number of unbranched alkanes of at least 4 members (excludes halogenated alkanes) is 1. The molecule has 0 saturated carbocycles. The van der Waals surface area contributed by atoms with Gasteiger partial charge in [0.05, 0.1) is 38.5 Å². The summed E-state index contributed by atoms with van der Waals surface area (Å²) in [6.45, 7) is 6.10. The fourth-order valence-corrected chi connectivity index (χ4v) is 5.96. The SMILES string of the molecule is CCC(=O)CCCC(=O)NCCCOCCOCCOCCCNC(=O)CCCC[C@@H]1SC[C@@H]2NC(=O)N[C@@H]21. The van der Waals surface area contributed by atoms with Gasteiger partial charge in [-0.2, -0.15) is 11.8 Å². The number of nitrogens with one attached hydrogen (secondary N) is 4. The Hall–Kier alpha value is -1.89. The van der Waals surface area contributed by atoms with Crippen LogP contribution in [-0.4, -0.2) is 99.4 Å². The Morgan fingerprint density at radius 3 is 2.00 bits per heavy atom. The van der Waals surface area contributed by atoms with Crippen molar-refractivity contribution in [2.24, 2.45) is 0 Å². The van der Waals surface area contributed by atoms with Crippen LogP contribution in [0.4, 0.5) is 4.79 Å². The first kappa shape index (κ1) is 33.3. The van der Waals surface area contributed by atoms with Gasteiger partial charge in [0.25, 0.3) is 0 Å². The Labute approximate surface area is 237 Å². The first-order valence-electron chi connectivity index (χ1n) is 14.5. The van der Waals surface area contributed by atoms with Crippen LogP contribution in [0.1, 0.15) is 71.1 Å². The molecule has 0 unspecified atom stereocenters. The fourth-order valence-electron chi connectivity index (χ4n) is 4.42. The van der Waals surface area contributed by atoms with Gasteiger partial charge in [-0.05, 0) is 32.1 Å². The van der Waals surface area contributed by atoms with E-state index >= 15 is 0 Å². The van der Waals surface area contributed by atoms with Gasteiger partial charge in [-0.15, -0.1) is 0 Å². The third-order valence-corrected chi connectivity index (χ3v) is 8.16. The molecule has 11 nitrogen and oxygen atoms in total. The zero-order valence-electron chi connectivity index (χ0n) is 23.4. The molecular formula is C27H48N4O7S. The lowest BCUT2D eigenvalue weighted by molar-refractivity contribution is -0.122. The molecule has 2 fully saturated rings. The minimum absolute atomic E-state index is 0.0205. The summed E-state index contributed by atoms with van der Waals surface area (Å²) in [6, 6.07) is 0.426. The lowest BCUT2D eigenvalue weighted by Gasteiger charge is -2.16. The molecule has 2 aliphatic rings. The molecule has 224 valence electrons. The number of carbonyl (C=O) groups excluding carboxylic acids is 4. The van der Waals surface area contributed by atoms with Crippen molar-refractivity contribution in [1.29, 1.82) is 0 Å². The predicted molar refractivity (Wildman–Crippen MR) is 151 cm³/mol. The molecule has 39 heavy (non-hydrogen) atoms. The van der Waals surface area contributed by atoms with Gasteiger partial charge in [-0.1, -0.05) is 13.3 Å². The molecule has 4 amide bonds. The summed E-state index contributed by atoms with van der Waals surface area (Å²) in [5, 5.41) is 12.2. The van der Waals surface area contributed by atoms with Crippen molar-refractivity contribution >= 4 is 35.4 Å². The summed E-state index contributed by atoms with van der Waals surface area (Å²) in [4.78, 5) is 46.3. The van der Waals surface area contributed by atoms with Crippen LogP contribution >= 0.6 is 11.8 Å². The van der Waals surface area contributed by atoms with Crippen LogP contribution in [0.15, 0.2) is 0 Å². The quantitative estimate of drug-likeness (QED) is 0.101. The van der Waals surface area contributed by atoms with Crippen LogP contribution in [0.2, 0.25) is 0 Å². The number of urea groups is 1. The van der Waals surface area contributed by atoms with Crippen molar-refractivity contribution in [3.63, 3.8) is 0 Å². The van der Waals surface area contributed by atoms with Crippen LogP contribution in [0.5, 0.6) is 0 Å². The minimum Gasteiger partial charge on any atom is -0.379 e. The zero-order valence-corrected chi connectivity index (χ0v) is 24.2. The highest BCUT2D eigenvalue weighted by atomic mass is 32.2. The molecule has 2 aliphatic heterocycles. The van der Waals surface area contributed by atoms with Crippen LogP contribution in [-0.2, 0) is 28.6 Å². The molecule has 0 spiro atoms. The van der Waals surface area contributed by atoms with E-state index in [1.165, 1.54) is 0 Å². The van der Waals surface area contributed by atoms with Gasteiger partial charge in [0, 0.05) is 63.0 Å². The molecule has 2 heterocycles. The van der Waals surface area contributed by atoms with Crippen molar-refractivity contribution in [2.75, 3.05) is 58.5 Å². The molecule has 0 aliphatic carbocycles. The molecule has 12 heteroatoms. The summed E-state index contributed by atoms with van der Waals surface area (Å²) in [5.74, 6) is 1.22. The van der Waals surface area contributed by atoms with Gasteiger partial charge in [-0.3, -0.25) is 14.4 Å². The molecule has 2 rings (SSSR count). The topological polar surface area (TPSA) is 144 Å². The molecule has 0 radical (unpaired) electrons. The van der Waals surface area contributed by atoms with E-state index in [2.05, 4.69) is 21.3 Å². The lowest BCUT2D eigenvalue weighted by atomic mass is 10.0. The molecule has 0 aromatic heterocycles. The third kappa shape index (κ3) is 15.5. The van der Waals surface area contributed by atoms with Crippen LogP contribution in [0.25, 0.3) is 0 Å². The number of carbonyl (C=O) groups is 4. The van der Waals surface area contributed by atoms with Crippen molar-refractivity contribution in [3.8, 4) is 0 Å². The Bertz CT molecular complexity index is 743. The predicted octanol–water partition coefficient (Wildman–Crippen LogP) is 1.92. The fraction of sp³-hybridized carbons (Fsp3) is 0.852. The van der Waals surface area contributed by atoms with E-state index in [0.717, 1.165) is 37.9 Å². The number of amides is 4. The first-order valence-corrected chi connectivity index (χ1v) is 15.5. The third-order valence-electron chi connectivity index (χ3n) is 6.65. The Morgan fingerprint density at radius 1 is 0.795 bits per heavy atom. The monoisotopic (exact) mass is 572 g/mol. The van der Waals surface area contributed by atoms with Crippen molar-refractivity contribution in [3.05, 3.63) is 0 Å². The summed E-state index contributed by atoms with van der Waals surface area (Å²) >= 11 is 1.91. The smallest absolute Gasteiger partial charge is 0.315 e. The lowest BCUT2D eigenvalue weighted by Crippen LogP contribution is -2.36. The average Bonchev–Trinajstić information content (AvgIpc) is 3.47. The summed E-state index contributed by atoms with van der Waals surface area (Å²) in [6.07, 6.45) is 6.90. The number of thioether (sulfide) groups is 1. The van der Waals surface area contributed by atoms with E-state index in [-0.39, 0.29) is 35.7 Å². The largest absolute Gasteiger partial charge is 0.379 e. The molecule has 0 aromatic carbocycles. The molecule has 3 atom stereocenters. The minimum atomic E-state index is -0.0571. The maximum Gasteiger partial charge on any atom is 0.315 e. The normalized spacial score (nSPS) is 19.8. The number of hydrogen-bond acceptors (Lipinski definition) is 8. The van der Waals surface area contributed by atoms with Crippen molar-refractivity contribution in [1.82, 2.24) is 21.3 Å². The highest BCUT2D eigenvalue weighted by Crippen LogP contribution is 2.33. The number of ketones is 1. The van der Waals surface area contributed by atoms with Crippen LogP contribution in [0.3, 0.4) is 0 Å². The number of Topliss-reactive ketones (excluding diaryl/α,β-unsaturated/α-hetero) is 1. The average molecular weight is 573 g/mol. The summed E-state index contributed by atoms with van der Waals surface area (Å²) in [5.41, 5.74) is 0. The van der Waals surface area contributed by atoms with Gasteiger partial charge >= 0.3 is 6.03 Å². The number of hydrogen-bond donors (Lipinski definition) is 4. The van der Waals surface area contributed by atoms with Gasteiger partial charge in [0.1, 0.15) is 5.78 Å². The zero-order chi connectivity index (χ0) is 28.1. The molecule has 0 bridgehead atoms. The van der Waals surface area contributed by atoms with E-state index in [1.54, 1.807) is 0 Å². The summed E-state index contributed by atoms with van der Waals surface area (Å²) < 4.78 is 16.5. The van der Waals surface area contributed by atoms with Gasteiger partial charge < -0.3 is 35.5 Å². The van der Waals surface area contributed by atoms with E-state index in [9.17, 15) is 19.2 Å². The van der Waals surface area contributed by atoms with E-state index in [0.29, 0.717) is 90.1 Å². The molecule has 4 N–H and O–H groups in total. The van der Waals surface area contributed by atoms with Crippen LogP contribution in [0, 0.1) is 0 Å². The second kappa shape index (κ2) is 20.9. The number of rotatable bonds is 24. The summed E-state index contributed by atoms with van der Waals surface area (Å²) in [7, 11) is 0. The van der Waals surface area contributed by atoms with Gasteiger partial charge in [0.2, 0.25) is 11.8 Å².